The van der Waals surface area contributed by atoms with Crippen LogP contribution in [0.25, 0.3) is 0 Å². The van der Waals surface area contributed by atoms with Crippen LogP contribution in [0, 0.1) is 5.92 Å². The molecule has 0 aromatic heterocycles. The second kappa shape index (κ2) is 7.48. The van der Waals surface area contributed by atoms with Gasteiger partial charge < -0.3 is 9.84 Å². The highest BCUT2D eigenvalue weighted by Gasteiger charge is 2.12. The number of ketones is 1. The molecule has 0 amide bonds. The first kappa shape index (κ1) is 16.0. The summed E-state index contributed by atoms with van der Waals surface area (Å²) in [6, 6.07) is 7.13. The van der Waals surface area contributed by atoms with Crippen molar-refractivity contribution in [2.75, 3.05) is 6.61 Å². The van der Waals surface area contributed by atoms with Crippen LogP contribution in [0.1, 0.15) is 36.7 Å². The molecule has 0 heterocycles. The van der Waals surface area contributed by atoms with Gasteiger partial charge in [0, 0.05) is 11.6 Å². The number of hydrogen-bond acceptors (Lipinski definition) is 4. The van der Waals surface area contributed by atoms with Gasteiger partial charge in [-0.1, -0.05) is 38.1 Å². The molecule has 0 fully saturated rings. The molecular formula is C16H20O4. The van der Waals surface area contributed by atoms with E-state index in [-0.39, 0.29) is 6.61 Å². The molecule has 0 radical (unpaired) electrons. The van der Waals surface area contributed by atoms with Gasteiger partial charge in [0.1, 0.15) is 0 Å². The Labute approximate surface area is 119 Å². The van der Waals surface area contributed by atoms with Gasteiger partial charge in [-0.25, -0.2) is 4.79 Å². The van der Waals surface area contributed by atoms with Crippen LogP contribution >= 0.6 is 0 Å². The van der Waals surface area contributed by atoms with Crippen LogP contribution in [-0.2, 0) is 16.0 Å². The van der Waals surface area contributed by atoms with E-state index >= 15 is 0 Å². The van der Waals surface area contributed by atoms with Crippen LogP contribution in [0.15, 0.2) is 36.1 Å². The third-order valence-electron chi connectivity index (χ3n) is 2.63. The number of aliphatic hydroxyl groups excluding tert-OH is 1. The average molecular weight is 276 g/mol. The van der Waals surface area contributed by atoms with Crippen molar-refractivity contribution < 1.29 is 19.4 Å². The molecule has 1 N–H and O–H groups in total. The van der Waals surface area contributed by atoms with Crippen molar-refractivity contribution in [3.63, 3.8) is 0 Å². The zero-order valence-corrected chi connectivity index (χ0v) is 12.1. The van der Waals surface area contributed by atoms with Gasteiger partial charge in [0.2, 0.25) is 5.76 Å². The summed E-state index contributed by atoms with van der Waals surface area (Å²) in [6.07, 6.45) is 1.83. The van der Waals surface area contributed by atoms with Gasteiger partial charge in [0.25, 0.3) is 0 Å². The highest BCUT2D eigenvalue weighted by molar-refractivity contribution is 6.07. The standard InChI is InChI=1S/C16H20O4/c1-4-20-16(19)15(18)10-14(17)13-7-5-12(6-8-13)9-11(2)3/h5-8,10-11,18H,4,9H2,1-3H3. The summed E-state index contributed by atoms with van der Waals surface area (Å²) in [4.78, 5) is 23.0. The SMILES string of the molecule is CCOC(=O)C(O)=CC(=O)c1ccc(CC(C)C)cc1. The molecule has 0 unspecified atom stereocenters. The van der Waals surface area contributed by atoms with Gasteiger partial charge in [-0.3, -0.25) is 4.79 Å². The number of aliphatic hydroxyl groups is 1. The molecule has 1 aromatic carbocycles. The van der Waals surface area contributed by atoms with Gasteiger partial charge in [0.15, 0.2) is 5.78 Å². The summed E-state index contributed by atoms with van der Waals surface area (Å²) in [6.45, 7) is 6.02. The maximum absolute atomic E-state index is 11.9. The number of carbonyl (C=O) groups excluding carboxylic acids is 2. The minimum Gasteiger partial charge on any atom is -0.502 e. The maximum atomic E-state index is 11.9. The van der Waals surface area contributed by atoms with Crippen molar-refractivity contribution >= 4 is 11.8 Å². The van der Waals surface area contributed by atoms with Crippen LogP contribution in [0.5, 0.6) is 0 Å². The molecule has 4 heteroatoms. The topological polar surface area (TPSA) is 63.6 Å². The van der Waals surface area contributed by atoms with E-state index in [1.54, 1.807) is 19.1 Å². The molecule has 20 heavy (non-hydrogen) atoms. The summed E-state index contributed by atoms with van der Waals surface area (Å²) in [5, 5.41) is 9.42. The monoisotopic (exact) mass is 276 g/mol. The van der Waals surface area contributed by atoms with Gasteiger partial charge in [-0.15, -0.1) is 0 Å². The molecule has 0 saturated heterocycles. The fraction of sp³-hybridized carbons (Fsp3) is 0.375. The largest absolute Gasteiger partial charge is 0.502 e. The lowest BCUT2D eigenvalue weighted by Gasteiger charge is -2.05. The summed E-state index contributed by atoms with van der Waals surface area (Å²) < 4.78 is 4.59. The second-order valence-corrected chi connectivity index (χ2v) is 4.91. The number of esters is 1. The predicted octanol–water partition coefficient (Wildman–Crippen LogP) is 3.07. The van der Waals surface area contributed by atoms with Crippen LogP contribution in [0.4, 0.5) is 0 Å². The van der Waals surface area contributed by atoms with E-state index in [2.05, 4.69) is 18.6 Å². The van der Waals surface area contributed by atoms with Gasteiger partial charge in [-0.2, -0.15) is 0 Å². The predicted molar refractivity (Wildman–Crippen MR) is 76.7 cm³/mol. The van der Waals surface area contributed by atoms with E-state index < -0.39 is 17.5 Å². The zero-order valence-electron chi connectivity index (χ0n) is 12.1. The van der Waals surface area contributed by atoms with Crippen molar-refractivity contribution in [3.05, 3.63) is 47.2 Å². The smallest absolute Gasteiger partial charge is 0.373 e. The Balaban J connectivity index is 2.77. The number of allylic oxidation sites excluding steroid dienone is 1. The van der Waals surface area contributed by atoms with Crippen molar-refractivity contribution in [3.8, 4) is 0 Å². The summed E-state index contributed by atoms with van der Waals surface area (Å²) in [5.41, 5.74) is 1.57. The first-order valence-electron chi connectivity index (χ1n) is 6.65. The van der Waals surface area contributed by atoms with Crippen LogP contribution in [0.2, 0.25) is 0 Å². The molecule has 4 nitrogen and oxygen atoms in total. The lowest BCUT2D eigenvalue weighted by atomic mass is 10.0. The second-order valence-electron chi connectivity index (χ2n) is 4.91. The van der Waals surface area contributed by atoms with Crippen molar-refractivity contribution in [2.45, 2.75) is 27.2 Å². The lowest BCUT2D eigenvalue weighted by Crippen LogP contribution is -2.09. The van der Waals surface area contributed by atoms with Crippen LogP contribution in [-0.4, -0.2) is 23.5 Å². The Bertz CT molecular complexity index is 498. The van der Waals surface area contributed by atoms with Crippen LogP contribution in [0.3, 0.4) is 0 Å². The molecule has 0 atom stereocenters. The van der Waals surface area contributed by atoms with Crippen molar-refractivity contribution in [2.24, 2.45) is 5.92 Å². The molecule has 108 valence electrons. The van der Waals surface area contributed by atoms with E-state index in [9.17, 15) is 14.7 Å². The van der Waals surface area contributed by atoms with Crippen LogP contribution < -0.4 is 0 Å². The number of hydrogen-bond donors (Lipinski definition) is 1. The van der Waals surface area contributed by atoms with E-state index in [0.29, 0.717) is 11.5 Å². The number of ether oxygens (including phenoxy) is 1. The van der Waals surface area contributed by atoms with E-state index in [0.717, 1.165) is 18.1 Å². The highest BCUT2D eigenvalue weighted by atomic mass is 16.5. The molecule has 0 aliphatic rings. The maximum Gasteiger partial charge on any atom is 0.373 e. The summed E-state index contributed by atoms with van der Waals surface area (Å²) in [5.74, 6) is -1.45. The third kappa shape index (κ3) is 4.88. The number of benzene rings is 1. The molecule has 0 bridgehead atoms. The minimum atomic E-state index is -0.891. The van der Waals surface area contributed by atoms with Gasteiger partial charge in [-0.05, 0) is 24.8 Å². The highest BCUT2D eigenvalue weighted by Crippen LogP contribution is 2.11. The molecule has 1 aromatic rings. The van der Waals surface area contributed by atoms with Crippen molar-refractivity contribution in [1.82, 2.24) is 0 Å². The minimum absolute atomic E-state index is 0.148. The third-order valence-corrected chi connectivity index (χ3v) is 2.63. The molecule has 1 rings (SSSR count). The van der Waals surface area contributed by atoms with Gasteiger partial charge >= 0.3 is 5.97 Å². The quantitative estimate of drug-likeness (QED) is 0.375. The number of carbonyl (C=O) groups is 2. The molecular weight excluding hydrogens is 256 g/mol. The van der Waals surface area contributed by atoms with Gasteiger partial charge in [0.05, 0.1) is 6.61 Å². The van der Waals surface area contributed by atoms with E-state index in [1.807, 2.05) is 12.1 Å². The fourth-order valence-corrected chi connectivity index (χ4v) is 1.75. The summed E-state index contributed by atoms with van der Waals surface area (Å²) >= 11 is 0. The average Bonchev–Trinajstić information content (AvgIpc) is 2.39. The Morgan fingerprint density at radius 2 is 1.85 bits per heavy atom. The first-order valence-corrected chi connectivity index (χ1v) is 6.65. The Morgan fingerprint density at radius 1 is 1.25 bits per heavy atom. The van der Waals surface area contributed by atoms with E-state index in [1.165, 1.54) is 0 Å². The first-order chi connectivity index (χ1) is 9.43. The Hall–Kier alpha value is -2.10. The molecule has 0 saturated carbocycles. The summed E-state index contributed by atoms with van der Waals surface area (Å²) in [7, 11) is 0. The molecule has 0 aliphatic heterocycles. The fourth-order valence-electron chi connectivity index (χ4n) is 1.75. The Morgan fingerprint density at radius 3 is 2.35 bits per heavy atom. The normalized spacial score (nSPS) is 11.5. The van der Waals surface area contributed by atoms with E-state index in [4.69, 9.17) is 0 Å². The zero-order chi connectivity index (χ0) is 15.1. The van der Waals surface area contributed by atoms with Crippen molar-refractivity contribution in [1.29, 1.82) is 0 Å². The number of rotatable bonds is 6. The Kier molecular flexibility index (Phi) is 5.97. The molecule has 0 aliphatic carbocycles. The lowest BCUT2D eigenvalue weighted by molar-refractivity contribution is -0.141. The molecule has 0 spiro atoms.